The van der Waals surface area contributed by atoms with Crippen LogP contribution in [0.2, 0.25) is 0 Å². The molecule has 0 aliphatic carbocycles. The number of primary amides is 1. The number of aliphatic hydroxyl groups excluding tert-OH is 1. The van der Waals surface area contributed by atoms with Crippen molar-refractivity contribution in [2.45, 2.75) is 30.7 Å². The molecule has 1 aromatic heterocycles. The van der Waals surface area contributed by atoms with Gasteiger partial charge in [-0.2, -0.15) is 0 Å². The van der Waals surface area contributed by atoms with Crippen molar-refractivity contribution in [2.75, 3.05) is 31.6 Å². The number of thioether (sulfide) groups is 1. The Labute approximate surface area is 220 Å². The van der Waals surface area contributed by atoms with Crippen LogP contribution in [0.15, 0.2) is 16.0 Å². The van der Waals surface area contributed by atoms with Crippen LogP contribution < -0.4 is 45.3 Å². The third-order valence-corrected chi connectivity index (χ3v) is 7.94. The summed E-state index contributed by atoms with van der Waals surface area (Å²) in [5.41, 5.74) is 5.26. The number of nitrogens with two attached hydrogens (primary N) is 1. The molecule has 2 fully saturated rings. The summed E-state index contributed by atoms with van der Waals surface area (Å²) >= 11 is 2.72. The van der Waals surface area contributed by atoms with Crippen molar-refractivity contribution in [1.82, 2.24) is 14.8 Å². The van der Waals surface area contributed by atoms with Crippen LogP contribution in [0.25, 0.3) is 0 Å². The predicted molar refractivity (Wildman–Crippen MR) is 114 cm³/mol. The van der Waals surface area contributed by atoms with Gasteiger partial charge in [0.25, 0.3) is 5.91 Å². The molecule has 0 unspecified atom stereocenters. The second-order valence-electron chi connectivity index (χ2n) is 8.09. The summed E-state index contributed by atoms with van der Waals surface area (Å²) in [5, 5.41) is 23.9. The molecular formula is C19H22N5NaO6S2. The van der Waals surface area contributed by atoms with Crippen LogP contribution in [0.1, 0.15) is 23.8 Å². The molecule has 4 heterocycles. The summed E-state index contributed by atoms with van der Waals surface area (Å²) in [7, 11) is 1.47. The Bertz CT molecular complexity index is 1020. The minimum absolute atomic E-state index is 0. The topological polar surface area (TPSA) is 160 Å². The van der Waals surface area contributed by atoms with E-state index in [4.69, 9.17) is 5.73 Å². The first-order valence-corrected chi connectivity index (χ1v) is 11.7. The van der Waals surface area contributed by atoms with Gasteiger partial charge in [0.15, 0.2) is 5.13 Å². The number of carboxylic acid groups (broad SMARTS) is 1. The van der Waals surface area contributed by atoms with E-state index in [9.17, 15) is 29.4 Å². The monoisotopic (exact) mass is 503 g/mol. The number of aromatic nitrogens is 1. The Hall–Kier alpha value is -1.64. The Morgan fingerprint density at radius 1 is 1.42 bits per heavy atom. The number of β-lactam (4-membered cyclic amide) rings is 1. The van der Waals surface area contributed by atoms with Crippen LogP contribution in [0.3, 0.4) is 0 Å². The molecule has 33 heavy (non-hydrogen) atoms. The van der Waals surface area contributed by atoms with Crippen molar-refractivity contribution in [1.29, 1.82) is 0 Å². The second kappa shape index (κ2) is 9.92. The van der Waals surface area contributed by atoms with E-state index >= 15 is 0 Å². The molecule has 3 aliphatic rings. The quantitative estimate of drug-likeness (QED) is 0.262. The van der Waals surface area contributed by atoms with E-state index in [0.717, 1.165) is 0 Å². The van der Waals surface area contributed by atoms with Gasteiger partial charge in [-0.1, -0.05) is 0 Å². The van der Waals surface area contributed by atoms with E-state index in [1.54, 1.807) is 5.38 Å². The van der Waals surface area contributed by atoms with Gasteiger partial charge in [-0.25, -0.2) is 4.98 Å². The molecule has 0 radical (unpaired) electrons. The summed E-state index contributed by atoms with van der Waals surface area (Å²) < 4.78 is 0. The first-order chi connectivity index (χ1) is 15.1. The van der Waals surface area contributed by atoms with Crippen LogP contribution in [0, 0.1) is 5.92 Å². The summed E-state index contributed by atoms with van der Waals surface area (Å²) in [6, 6.07) is -0.334. The maximum absolute atomic E-state index is 12.3. The Kier molecular flexibility index (Phi) is 7.81. The molecule has 0 aromatic carbocycles. The van der Waals surface area contributed by atoms with Crippen molar-refractivity contribution in [3.63, 3.8) is 0 Å². The van der Waals surface area contributed by atoms with Crippen molar-refractivity contribution >= 4 is 51.9 Å². The standard InChI is InChI=1S/C19H23N5O6S2.Na/c1-8(25)14-11-3-12(15(18(29)30)24(11)17(14)28)32-9-4-23(5-9)19-21-10(7-31-19)16(27)22(2)6-13(20)26;/h7-9,11,14,25H,3-6H2,1-2H3,(H2,20,26)(H,29,30);/q;+1/p-1/t8-,11-,14-;/m1./s1. The number of hydrogen-bond acceptors (Lipinski definition) is 10. The number of amides is 3. The molecule has 3 atom stereocenters. The summed E-state index contributed by atoms with van der Waals surface area (Å²) in [5.74, 6) is -3.35. The number of aliphatic carboxylic acids is 1. The van der Waals surface area contributed by atoms with E-state index in [-0.39, 0.29) is 64.7 Å². The fraction of sp³-hybridized carbons (Fsp3) is 0.526. The maximum atomic E-state index is 12.3. The number of fused-ring (bicyclic) bond motifs is 1. The molecule has 3 aliphatic heterocycles. The molecule has 3 amide bonds. The first kappa shape index (κ1) is 26.0. The normalized spacial score (nSPS) is 22.8. The van der Waals surface area contributed by atoms with E-state index in [1.807, 2.05) is 4.90 Å². The number of carbonyl (C=O) groups excluding carboxylic acids is 4. The first-order valence-electron chi connectivity index (χ1n) is 9.95. The number of carboxylic acids is 1. The van der Waals surface area contributed by atoms with Gasteiger partial charge in [-0.05, 0) is 6.92 Å². The zero-order valence-electron chi connectivity index (χ0n) is 18.4. The molecular weight excluding hydrogens is 481 g/mol. The number of hydrogen-bond donors (Lipinski definition) is 2. The minimum atomic E-state index is -1.38. The summed E-state index contributed by atoms with van der Waals surface area (Å²) in [4.78, 5) is 56.6. The third-order valence-electron chi connectivity index (χ3n) is 5.76. The SMILES string of the molecule is C[C@@H](O)[C@H]1C(=O)N2C(C(=O)[O-])=C(SC3CN(c4nc(C(=O)N(C)CC(N)=O)cs4)C3)C[C@H]12.[Na+]. The molecule has 4 rings (SSSR count). The molecule has 11 nitrogen and oxygen atoms in total. The second-order valence-corrected chi connectivity index (χ2v) is 10.3. The molecule has 0 spiro atoms. The molecule has 1 aromatic rings. The van der Waals surface area contributed by atoms with Gasteiger partial charge in [0.05, 0.1) is 36.3 Å². The smallest absolute Gasteiger partial charge is 0.543 e. The zero-order valence-corrected chi connectivity index (χ0v) is 22.0. The minimum Gasteiger partial charge on any atom is -0.543 e. The van der Waals surface area contributed by atoms with E-state index < -0.39 is 29.8 Å². The number of thiazole rings is 1. The summed E-state index contributed by atoms with van der Waals surface area (Å²) in [6.45, 7) is 2.54. The fourth-order valence-electron chi connectivity index (χ4n) is 4.21. The van der Waals surface area contributed by atoms with E-state index in [1.165, 1.54) is 46.9 Å². The van der Waals surface area contributed by atoms with Crippen LogP contribution in [-0.4, -0.2) is 87.7 Å². The van der Waals surface area contributed by atoms with Gasteiger partial charge in [0, 0.05) is 42.1 Å². The number of carbonyl (C=O) groups is 4. The predicted octanol–water partition coefficient (Wildman–Crippen LogP) is -4.80. The number of aliphatic hydroxyl groups is 1. The number of likely N-dealkylation sites (N-methyl/N-ethyl adjacent to an activating group) is 1. The molecule has 172 valence electrons. The van der Waals surface area contributed by atoms with Gasteiger partial charge < -0.3 is 35.4 Å². The molecule has 3 N–H and O–H groups in total. The maximum Gasteiger partial charge on any atom is 1.00 e. The molecule has 2 saturated heterocycles. The van der Waals surface area contributed by atoms with Crippen molar-refractivity contribution < 1.29 is 58.9 Å². The zero-order chi connectivity index (χ0) is 23.3. The van der Waals surface area contributed by atoms with Crippen LogP contribution in [0.4, 0.5) is 5.13 Å². The molecule has 14 heteroatoms. The average molecular weight is 504 g/mol. The summed E-state index contributed by atoms with van der Waals surface area (Å²) in [6.07, 6.45) is -0.437. The van der Waals surface area contributed by atoms with Crippen molar-refractivity contribution in [2.24, 2.45) is 11.7 Å². The Morgan fingerprint density at radius 2 is 2.09 bits per heavy atom. The Morgan fingerprint density at radius 3 is 2.67 bits per heavy atom. The van der Waals surface area contributed by atoms with Crippen molar-refractivity contribution in [3.05, 3.63) is 21.7 Å². The largest absolute Gasteiger partial charge is 1.00 e. The number of anilines is 1. The number of rotatable bonds is 8. The molecule has 0 bridgehead atoms. The van der Waals surface area contributed by atoms with Gasteiger partial charge in [0.2, 0.25) is 11.8 Å². The van der Waals surface area contributed by atoms with Crippen LogP contribution in [-0.2, 0) is 14.4 Å². The number of nitrogens with zero attached hydrogens (tertiary/aromatic N) is 4. The van der Waals surface area contributed by atoms with E-state index in [0.29, 0.717) is 29.5 Å². The van der Waals surface area contributed by atoms with Gasteiger partial charge in [-0.3, -0.25) is 14.4 Å². The van der Waals surface area contributed by atoms with Gasteiger partial charge in [-0.15, -0.1) is 23.1 Å². The average Bonchev–Trinajstić information content (AvgIpc) is 3.25. The Balaban J connectivity index is 0.00000306. The van der Waals surface area contributed by atoms with Crippen LogP contribution in [0.5, 0.6) is 0 Å². The van der Waals surface area contributed by atoms with Crippen molar-refractivity contribution in [3.8, 4) is 0 Å². The fourth-order valence-corrected chi connectivity index (χ4v) is 6.50. The van der Waals surface area contributed by atoms with Crippen LogP contribution >= 0.6 is 23.1 Å². The molecule has 0 saturated carbocycles. The van der Waals surface area contributed by atoms with Gasteiger partial charge >= 0.3 is 29.6 Å². The van der Waals surface area contributed by atoms with E-state index in [2.05, 4.69) is 4.98 Å². The third kappa shape index (κ3) is 4.80. The van der Waals surface area contributed by atoms with Gasteiger partial charge in [0.1, 0.15) is 5.69 Å².